The molecule has 0 bridgehead atoms. The van der Waals surface area contributed by atoms with Crippen LogP contribution in [0, 0.1) is 5.41 Å². The minimum Gasteiger partial charge on any atom is -0.327 e. The van der Waals surface area contributed by atoms with Gasteiger partial charge in [-0.05, 0) is 25.3 Å². The first kappa shape index (κ1) is 9.71. The van der Waals surface area contributed by atoms with Crippen LogP contribution in [-0.2, 0) is 0 Å². The Morgan fingerprint density at radius 2 is 2.07 bits per heavy atom. The fourth-order valence-electron chi connectivity index (χ4n) is 2.24. The molecular formula is C11H19N3. The minimum atomic E-state index is 0.243. The molecule has 1 aliphatic rings. The van der Waals surface area contributed by atoms with Gasteiger partial charge >= 0.3 is 0 Å². The van der Waals surface area contributed by atoms with E-state index in [0.29, 0.717) is 12.0 Å². The first-order valence-electron chi connectivity index (χ1n) is 5.25. The van der Waals surface area contributed by atoms with Gasteiger partial charge in [0.05, 0.1) is 0 Å². The highest BCUT2D eigenvalue weighted by molar-refractivity contribution is 5.29. The zero-order valence-corrected chi connectivity index (χ0v) is 9.36. The van der Waals surface area contributed by atoms with Crippen LogP contribution < -0.4 is 5.73 Å². The summed E-state index contributed by atoms with van der Waals surface area (Å²) in [5.74, 6) is 0.479. The van der Waals surface area contributed by atoms with Gasteiger partial charge in [-0.25, -0.2) is 0 Å². The van der Waals surface area contributed by atoms with Crippen LogP contribution in [0.4, 0.5) is 0 Å². The van der Waals surface area contributed by atoms with Gasteiger partial charge in [0.2, 0.25) is 0 Å². The average molecular weight is 193 g/mol. The zero-order valence-electron chi connectivity index (χ0n) is 9.36. The van der Waals surface area contributed by atoms with Gasteiger partial charge in [-0.15, -0.1) is 0 Å². The molecule has 0 radical (unpaired) electrons. The quantitative estimate of drug-likeness (QED) is 0.779. The van der Waals surface area contributed by atoms with Crippen molar-refractivity contribution in [2.24, 2.45) is 11.1 Å². The number of nitrogens with zero attached hydrogens (tertiary/aromatic N) is 2. The van der Waals surface area contributed by atoms with Crippen molar-refractivity contribution in [2.45, 2.75) is 45.7 Å². The number of aromatic nitrogens is 2. The van der Waals surface area contributed by atoms with E-state index in [9.17, 15) is 0 Å². The van der Waals surface area contributed by atoms with Gasteiger partial charge in [0.15, 0.2) is 0 Å². The van der Waals surface area contributed by atoms with Gasteiger partial charge in [0.1, 0.15) is 0 Å². The normalized spacial score (nSPS) is 29.6. The Hall–Kier alpha value is -0.830. The van der Waals surface area contributed by atoms with E-state index in [2.05, 4.69) is 43.5 Å². The van der Waals surface area contributed by atoms with E-state index in [4.69, 9.17) is 5.73 Å². The topological polar surface area (TPSA) is 43.8 Å². The van der Waals surface area contributed by atoms with Gasteiger partial charge in [-0.1, -0.05) is 13.8 Å². The van der Waals surface area contributed by atoms with E-state index < -0.39 is 0 Å². The Kier molecular flexibility index (Phi) is 1.96. The van der Waals surface area contributed by atoms with E-state index in [1.807, 2.05) is 6.20 Å². The van der Waals surface area contributed by atoms with Crippen molar-refractivity contribution >= 4 is 0 Å². The Bertz CT molecular complexity index is 338. The molecule has 1 heterocycles. The smallest absolute Gasteiger partial charge is 0.0492 e. The molecule has 2 rings (SSSR count). The maximum Gasteiger partial charge on any atom is 0.0492 e. The van der Waals surface area contributed by atoms with Crippen molar-refractivity contribution in [1.82, 2.24) is 9.78 Å². The summed E-state index contributed by atoms with van der Waals surface area (Å²) in [5.41, 5.74) is 7.60. The van der Waals surface area contributed by atoms with Crippen molar-refractivity contribution in [2.75, 3.05) is 0 Å². The number of hydrogen-bond donors (Lipinski definition) is 1. The lowest BCUT2D eigenvalue weighted by Crippen LogP contribution is -2.09. The van der Waals surface area contributed by atoms with Gasteiger partial charge in [0, 0.05) is 29.9 Å². The Balaban J connectivity index is 2.31. The molecule has 1 aliphatic carbocycles. The van der Waals surface area contributed by atoms with Crippen molar-refractivity contribution in [3.63, 3.8) is 0 Å². The molecular weight excluding hydrogens is 174 g/mol. The summed E-state index contributed by atoms with van der Waals surface area (Å²) in [4.78, 5) is 0. The summed E-state index contributed by atoms with van der Waals surface area (Å²) in [6, 6.07) is 2.81. The van der Waals surface area contributed by atoms with Gasteiger partial charge < -0.3 is 5.73 Å². The molecule has 2 atom stereocenters. The number of hydrogen-bond acceptors (Lipinski definition) is 2. The molecule has 0 saturated heterocycles. The highest BCUT2D eigenvalue weighted by Gasteiger charge is 2.57. The second-order valence-electron chi connectivity index (χ2n) is 5.12. The van der Waals surface area contributed by atoms with Crippen LogP contribution in [0.15, 0.2) is 12.3 Å². The van der Waals surface area contributed by atoms with Gasteiger partial charge in [-0.3, -0.25) is 4.68 Å². The molecule has 2 N–H and O–H groups in total. The van der Waals surface area contributed by atoms with E-state index in [1.54, 1.807) is 0 Å². The fraction of sp³-hybridized carbons (Fsp3) is 0.727. The molecule has 0 amide bonds. The Morgan fingerprint density at radius 3 is 2.50 bits per heavy atom. The van der Waals surface area contributed by atoms with Crippen LogP contribution in [0.2, 0.25) is 0 Å². The standard InChI is InChI=1S/C11H19N3/c1-7(2)14-8(5-6-13-14)9-10(12)11(9,3)4/h5-7,9-10H,12H2,1-4H3/t9-,10-/m1/s1. The SMILES string of the molecule is CC(C)n1nccc1[C@@H]1[C@@H](N)C1(C)C. The van der Waals surface area contributed by atoms with Crippen molar-refractivity contribution < 1.29 is 0 Å². The first-order valence-corrected chi connectivity index (χ1v) is 5.25. The summed E-state index contributed by atoms with van der Waals surface area (Å²) < 4.78 is 2.08. The fourth-order valence-corrected chi connectivity index (χ4v) is 2.24. The molecule has 1 aromatic rings. The van der Waals surface area contributed by atoms with Gasteiger partial charge in [0.25, 0.3) is 0 Å². The molecule has 14 heavy (non-hydrogen) atoms. The van der Waals surface area contributed by atoms with Crippen LogP contribution in [-0.4, -0.2) is 15.8 Å². The largest absolute Gasteiger partial charge is 0.327 e. The third kappa shape index (κ3) is 1.19. The van der Waals surface area contributed by atoms with Gasteiger partial charge in [-0.2, -0.15) is 5.10 Å². The predicted octanol–water partition coefficient (Wildman–Crippen LogP) is 1.91. The summed E-state index contributed by atoms with van der Waals surface area (Å²) in [7, 11) is 0. The van der Waals surface area contributed by atoms with E-state index in [1.165, 1.54) is 5.69 Å². The molecule has 0 aromatic carbocycles. The lowest BCUT2D eigenvalue weighted by Gasteiger charge is -2.11. The summed E-state index contributed by atoms with van der Waals surface area (Å²) in [5, 5.41) is 4.34. The van der Waals surface area contributed by atoms with E-state index >= 15 is 0 Å². The molecule has 1 aromatic heterocycles. The highest BCUT2D eigenvalue weighted by atomic mass is 15.3. The summed E-state index contributed by atoms with van der Waals surface area (Å²) in [6.45, 7) is 8.74. The summed E-state index contributed by atoms with van der Waals surface area (Å²) >= 11 is 0. The maximum atomic E-state index is 6.06. The van der Waals surface area contributed by atoms with Crippen LogP contribution in [0.25, 0.3) is 0 Å². The summed E-state index contributed by atoms with van der Waals surface area (Å²) in [6.07, 6.45) is 1.87. The molecule has 3 heteroatoms. The molecule has 1 saturated carbocycles. The minimum absolute atomic E-state index is 0.243. The van der Waals surface area contributed by atoms with Crippen molar-refractivity contribution in [3.05, 3.63) is 18.0 Å². The van der Waals surface area contributed by atoms with Crippen LogP contribution in [0.5, 0.6) is 0 Å². The maximum absolute atomic E-state index is 6.06. The third-order valence-electron chi connectivity index (χ3n) is 3.42. The van der Waals surface area contributed by atoms with Crippen molar-refractivity contribution in [1.29, 1.82) is 0 Å². The Labute approximate surface area is 85.3 Å². The van der Waals surface area contributed by atoms with Crippen LogP contribution in [0.3, 0.4) is 0 Å². The molecule has 0 aliphatic heterocycles. The second-order valence-corrected chi connectivity index (χ2v) is 5.12. The highest BCUT2D eigenvalue weighted by Crippen LogP contribution is 2.57. The van der Waals surface area contributed by atoms with E-state index in [0.717, 1.165) is 0 Å². The van der Waals surface area contributed by atoms with Crippen LogP contribution in [0.1, 0.15) is 45.3 Å². The molecule has 78 valence electrons. The number of rotatable bonds is 2. The molecule has 0 unspecified atom stereocenters. The third-order valence-corrected chi connectivity index (χ3v) is 3.42. The zero-order chi connectivity index (χ0) is 10.5. The monoisotopic (exact) mass is 193 g/mol. The van der Waals surface area contributed by atoms with Crippen molar-refractivity contribution in [3.8, 4) is 0 Å². The van der Waals surface area contributed by atoms with Crippen LogP contribution >= 0.6 is 0 Å². The molecule has 1 fully saturated rings. The van der Waals surface area contributed by atoms with E-state index in [-0.39, 0.29) is 11.5 Å². The average Bonchev–Trinajstić information content (AvgIpc) is 2.54. The Morgan fingerprint density at radius 1 is 1.50 bits per heavy atom. The predicted molar refractivity (Wildman–Crippen MR) is 57.1 cm³/mol. The second kappa shape index (κ2) is 2.83. The molecule has 3 nitrogen and oxygen atoms in total. The lowest BCUT2D eigenvalue weighted by atomic mass is 10.1. The first-order chi connectivity index (χ1) is 6.46. The number of nitrogens with two attached hydrogens (primary N) is 1. The lowest BCUT2D eigenvalue weighted by molar-refractivity contribution is 0.494. The molecule has 0 spiro atoms.